The van der Waals surface area contributed by atoms with E-state index in [0.29, 0.717) is 11.8 Å². The number of aromatic hydroxyl groups is 1. The fraction of sp³-hybridized carbons (Fsp3) is 0.524. The SMILES string of the molecule is CN[C@H](CC(C)C)C(=O)N[C@H]1C(=O)N[C@@H](CC(=O)NC(=O)COCCOC)C(=O)N[C@H]2C(=O)N[C@H]3C(=O)N[C@H](C(=O)N[C@H](C(=O)NC4C5CC6CC(C5)CC4C6)c4cc(O)cc5c4-c4cc3ccc4C5(O)O)[C@H](O)c3ccc(cc3)Oc3cc2cc(c3O[C@@H]2O[C@H](CO)[C@@H](O)[C@H](O)[C@H]2O[C@H]2C[C@](C)(N)[C@H](O)[C@H](C)O2)Oc2ccc(cc2Cl)[C@H]1O. The van der Waals surface area contributed by atoms with Gasteiger partial charge < -0.3 is 132 Å². The van der Waals surface area contributed by atoms with Crippen molar-refractivity contribution in [1.29, 1.82) is 0 Å². The fourth-order valence-corrected chi connectivity index (χ4v) is 18.4. The molecule has 20 N–H and O–H groups in total. The van der Waals surface area contributed by atoms with E-state index in [1.807, 2.05) is 13.8 Å². The van der Waals surface area contributed by atoms with Crippen molar-refractivity contribution in [2.45, 2.75) is 200 Å². The quantitative estimate of drug-likeness (QED) is 0.0388. The number of rotatable bonds is 19. The number of aliphatic hydroxyl groups is 8. The lowest BCUT2D eigenvalue weighted by Crippen LogP contribution is -2.64. The zero-order chi connectivity index (χ0) is 85.1. The van der Waals surface area contributed by atoms with E-state index in [1.165, 1.54) is 88.7 Å². The van der Waals surface area contributed by atoms with Gasteiger partial charge in [0.2, 0.25) is 65.1 Å². The zero-order valence-electron chi connectivity index (χ0n) is 65.8. The van der Waals surface area contributed by atoms with Crippen LogP contribution in [0.1, 0.15) is 148 Å². The zero-order valence-corrected chi connectivity index (χ0v) is 66.5. The number of methoxy groups -OCH3 is 1. The Balaban J connectivity index is 0.961. The number of ether oxygens (including phenoxy) is 8. The van der Waals surface area contributed by atoms with Crippen LogP contribution in [0.3, 0.4) is 0 Å². The number of phenolic OH excluding ortho intramolecular Hbond substituents is 1. The van der Waals surface area contributed by atoms with Crippen LogP contribution in [0.5, 0.6) is 34.5 Å². The number of carbonyl (C=O) groups excluding carboxylic acids is 9. The summed E-state index contributed by atoms with van der Waals surface area (Å²) in [7, 11) is 2.85. The topological polar surface area (TPSA) is 544 Å². The highest BCUT2D eigenvalue weighted by atomic mass is 35.5. The number of nitrogens with two attached hydrogens (primary N) is 1. The molecule has 6 fully saturated rings. The molecule has 5 aromatic carbocycles. The normalized spacial score (nSPS) is 32.0. The van der Waals surface area contributed by atoms with Crippen molar-refractivity contribution in [3.8, 4) is 45.6 Å². The van der Waals surface area contributed by atoms with Crippen molar-refractivity contribution in [2.24, 2.45) is 35.3 Å². The van der Waals surface area contributed by atoms with Gasteiger partial charge in [-0.1, -0.05) is 55.8 Å². The number of imide groups is 1. The van der Waals surface area contributed by atoms with Gasteiger partial charge in [0, 0.05) is 36.2 Å². The van der Waals surface area contributed by atoms with Gasteiger partial charge >= 0.3 is 0 Å². The van der Waals surface area contributed by atoms with Crippen molar-refractivity contribution in [3.63, 3.8) is 0 Å². The monoisotopic (exact) mass is 1670 g/mol. The molecule has 0 aromatic heterocycles. The summed E-state index contributed by atoms with van der Waals surface area (Å²) in [5, 5.41) is 131. The molecule has 0 radical (unpaired) electrons. The third-order valence-electron chi connectivity index (χ3n) is 24.0. The highest BCUT2D eigenvalue weighted by Gasteiger charge is 2.54. The number of hydrogen-bond acceptors (Lipinski definition) is 28. The summed E-state index contributed by atoms with van der Waals surface area (Å²) in [5.74, 6) is -15.5. The molecule has 640 valence electrons. The minimum atomic E-state index is -2.98. The summed E-state index contributed by atoms with van der Waals surface area (Å²) in [4.78, 5) is 137. The Morgan fingerprint density at radius 1 is 0.697 bits per heavy atom. The Morgan fingerprint density at radius 2 is 1.36 bits per heavy atom. The number of amides is 9. The standard InChI is InChI=1S/C82H99ClN10O26/c1-33(2)17-50(85-5)73(103)92-65-67(99)39-10-14-52(49(83)24-39)116-54-26-42-25-53(70(54)119-80-71(69(101)68(100)55(31-94)117-80)118-58-30-81(4,84)72(102)34(3)114-58)115-44-11-7-37(8-12-44)66(98)64-79(109)91-63(77(107)88-60-40-19-35-18-36(21-40)22-41(60)20-35)46-27-43(95)28-48-59(46)45-23-38(9-13-47(45)82(48,110)111)61(75(105)93-64)90-76(106)62(42)89-74(104)51(86-78(65)108)29-56(96)87-57(97)32-113-16-15-112-6/h7-14,23-28,33-36,40-41,50-51,55,58,60-69,71-72,80,85,94-95,98-102,110-111H,15-22,29-32,84H2,1-6H3,(H,86,108)(H,88,107)(H,89,104)(H,90,106)(H,91,109)(H,92,103)(H,93,105)(H,87,96,97)/t34-,35?,36?,40?,41?,50+,51-,55+,58-,60?,61+,62+,63-,64-,65+,66+,67+,68+,69-,71+,72+,80-,81-/m0/s1. The van der Waals surface area contributed by atoms with Gasteiger partial charge in [0.05, 0.1) is 49.5 Å². The van der Waals surface area contributed by atoms with Crippen LogP contribution >= 0.6 is 11.6 Å². The van der Waals surface area contributed by atoms with E-state index in [-0.39, 0.29) is 111 Å². The average molecular weight is 1680 g/mol. The number of nitrogens with one attached hydrogen (secondary N) is 9. The second kappa shape index (κ2) is 34.9. The maximum absolute atomic E-state index is 16.6. The number of aliphatic hydroxyl groups excluding tert-OH is 6. The number of benzene rings is 5. The van der Waals surface area contributed by atoms with Crippen LogP contribution in [-0.4, -0.2) is 225 Å². The third-order valence-corrected chi connectivity index (χ3v) is 24.3. The molecule has 17 rings (SSSR count). The van der Waals surface area contributed by atoms with Crippen LogP contribution in [0.4, 0.5) is 0 Å². The van der Waals surface area contributed by atoms with Crippen molar-refractivity contribution < 1.29 is 127 Å². The third kappa shape index (κ3) is 17.7. The minimum Gasteiger partial charge on any atom is -0.508 e. The molecule has 18 atom stereocenters. The highest BCUT2D eigenvalue weighted by Crippen LogP contribution is 2.56. The number of fused-ring (bicyclic) bond motifs is 12. The van der Waals surface area contributed by atoms with Gasteiger partial charge in [-0.2, -0.15) is 0 Å². The first kappa shape index (κ1) is 85.8. The van der Waals surface area contributed by atoms with E-state index >= 15 is 28.8 Å². The van der Waals surface area contributed by atoms with Crippen molar-refractivity contribution in [1.82, 2.24) is 47.9 Å². The summed E-state index contributed by atoms with van der Waals surface area (Å²) in [5.41, 5.74) is 3.25. The summed E-state index contributed by atoms with van der Waals surface area (Å²) >= 11 is 7.19. The lowest BCUT2D eigenvalue weighted by Gasteiger charge is -2.54. The lowest BCUT2D eigenvalue weighted by atomic mass is 9.54. The summed E-state index contributed by atoms with van der Waals surface area (Å²) in [6.45, 7) is 4.94. The number of phenols is 1. The Bertz CT molecular complexity index is 4720. The van der Waals surface area contributed by atoms with Crippen LogP contribution in [0, 0.1) is 29.6 Å². The number of carbonyl (C=O) groups is 9. The molecular formula is C82H99ClN10O26. The van der Waals surface area contributed by atoms with E-state index in [0.717, 1.165) is 56.4 Å². The Kier molecular flexibility index (Phi) is 25.1. The van der Waals surface area contributed by atoms with E-state index < -0.39 is 216 Å². The van der Waals surface area contributed by atoms with E-state index in [2.05, 4.69) is 47.9 Å². The second-order valence-corrected chi connectivity index (χ2v) is 33.4. The van der Waals surface area contributed by atoms with Gasteiger partial charge in [0.25, 0.3) is 5.91 Å². The molecule has 0 spiro atoms. The van der Waals surface area contributed by atoms with Gasteiger partial charge in [-0.05, 0) is 183 Å². The van der Waals surface area contributed by atoms with Crippen LogP contribution in [0.15, 0.2) is 84.9 Å². The molecule has 119 heavy (non-hydrogen) atoms. The smallest absolute Gasteiger partial charge is 0.252 e. The first-order valence-electron chi connectivity index (χ1n) is 39.6. The molecule has 0 unspecified atom stereocenters. The Labute approximate surface area is 687 Å². The predicted molar refractivity (Wildman–Crippen MR) is 414 cm³/mol. The predicted octanol–water partition coefficient (Wildman–Crippen LogP) is 0.217. The Hall–Kier alpha value is -9.58. The highest BCUT2D eigenvalue weighted by molar-refractivity contribution is 6.32. The maximum Gasteiger partial charge on any atom is 0.252 e. The van der Waals surface area contributed by atoms with Crippen molar-refractivity contribution >= 4 is 64.8 Å². The molecule has 36 nitrogen and oxygen atoms in total. The van der Waals surface area contributed by atoms with Crippen molar-refractivity contribution in [2.75, 3.05) is 40.6 Å². The van der Waals surface area contributed by atoms with Gasteiger partial charge in [-0.25, -0.2) is 0 Å². The fourth-order valence-electron chi connectivity index (χ4n) is 18.2. The van der Waals surface area contributed by atoms with Gasteiger partial charge in [0.15, 0.2) is 23.9 Å². The van der Waals surface area contributed by atoms with Crippen LogP contribution in [-0.2, 0) is 72.6 Å². The van der Waals surface area contributed by atoms with E-state index in [9.17, 15) is 60.3 Å². The minimum absolute atomic E-state index is 0.0429. The summed E-state index contributed by atoms with van der Waals surface area (Å²) in [6, 6.07) is 2.56. The lowest BCUT2D eigenvalue weighted by molar-refractivity contribution is -0.333. The molecule has 2 saturated heterocycles. The molecule has 12 aliphatic rings. The van der Waals surface area contributed by atoms with Crippen LogP contribution < -0.4 is 67.8 Å². The van der Waals surface area contributed by atoms with Crippen molar-refractivity contribution in [3.05, 3.63) is 129 Å². The molecule has 7 aliphatic heterocycles. The first-order valence-corrected chi connectivity index (χ1v) is 40.0. The molecule has 37 heteroatoms. The number of halogens is 1. The summed E-state index contributed by atoms with van der Waals surface area (Å²) in [6.07, 6.45) is -14.1. The van der Waals surface area contributed by atoms with Gasteiger partial charge in [0.1, 0.15) is 90.6 Å². The second-order valence-electron chi connectivity index (χ2n) is 33.0. The Morgan fingerprint density at radius 3 is 2.03 bits per heavy atom. The molecule has 5 aromatic rings. The molecule has 9 amide bonds. The van der Waals surface area contributed by atoms with Gasteiger partial charge in [-0.15, -0.1) is 0 Å². The average Bonchev–Trinajstić information content (AvgIpc) is 1.55. The molecular weight excluding hydrogens is 1580 g/mol. The molecule has 5 aliphatic carbocycles. The number of hydrogen-bond donors (Lipinski definition) is 19. The van der Waals surface area contributed by atoms with Crippen LogP contribution in [0.2, 0.25) is 5.02 Å². The molecule has 15 bridgehead atoms. The van der Waals surface area contributed by atoms with Crippen LogP contribution in [0.25, 0.3) is 11.1 Å². The number of likely N-dealkylation sites (N-methyl/N-ethyl adjacent to an activating group) is 1. The first-order chi connectivity index (χ1) is 56.6. The summed E-state index contributed by atoms with van der Waals surface area (Å²) < 4.78 is 49.3. The largest absolute Gasteiger partial charge is 0.508 e. The van der Waals surface area contributed by atoms with E-state index in [4.69, 9.17) is 55.2 Å². The molecule has 4 saturated carbocycles. The van der Waals surface area contributed by atoms with E-state index in [1.54, 1.807) is 0 Å². The van der Waals surface area contributed by atoms with Gasteiger partial charge in [-0.3, -0.25) is 48.5 Å². The maximum atomic E-state index is 16.6. The molecule has 7 heterocycles.